The lowest BCUT2D eigenvalue weighted by atomic mass is 10.2. The van der Waals surface area contributed by atoms with Crippen LogP contribution in [-0.2, 0) is 0 Å². The normalized spacial score (nSPS) is 14.4. The van der Waals surface area contributed by atoms with Crippen molar-refractivity contribution in [2.24, 2.45) is 0 Å². The van der Waals surface area contributed by atoms with Gasteiger partial charge in [-0.25, -0.2) is 4.79 Å². The Bertz CT molecular complexity index is 447. The number of hydrogen-bond acceptors (Lipinski definition) is 2. The first-order valence-electron chi connectivity index (χ1n) is 6.07. The van der Waals surface area contributed by atoms with Crippen molar-refractivity contribution in [2.45, 2.75) is 25.8 Å². The van der Waals surface area contributed by atoms with Crippen molar-refractivity contribution in [3.8, 4) is 0 Å². The molecule has 5 heteroatoms. The number of nitrogens with one attached hydrogen (secondary N) is 1. The number of rotatable bonds is 4. The maximum Gasteiger partial charge on any atom is 0.322 e. The van der Waals surface area contributed by atoms with E-state index < -0.39 is 0 Å². The van der Waals surface area contributed by atoms with E-state index in [1.807, 2.05) is 25.1 Å². The predicted octanol–water partition coefficient (Wildman–Crippen LogP) is 2.75. The number of urea groups is 1. The minimum Gasteiger partial charge on any atom is -0.395 e. The van der Waals surface area contributed by atoms with Gasteiger partial charge in [-0.2, -0.15) is 0 Å². The minimum absolute atomic E-state index is 0.00138. The summed E-state index contributed by atoms with van der Waals surface area (Å²) >= 11 is 3.44. The van der Waals surface area contributed by atoms with Gasteiger partial charge in [0.15, 0.2) is 0 Å². The van der Waals surface area contributed by atoms with Crippen LogP contribution in [0.2, 0.25) is 0 Å². The summed E-state index contributed by atoms with van der Waals surface area (Å²) in [7, 11) is 0. The number of carbonyl (C=O) groups is 1. The molecule has 0 saturated heterocycles. The van der Waals surface area contributed by atoms with Crippen LogP contribution in [0.5, 0.6) is 0 Å². The lowest BCUT2D eigenvalue weighted by Crippen LogP contribution is -2.38. The van der Waals surface area contributed by atoms with Crippen molar-refractivity contribution in [1.82, 2.24) is 4.90 Å². The first-order chi connectivity index (χ1) is 8.63. The largest absolute Gasteiger partial charge is 0.395 e. The summed E-state index contributed by atoms with van der Waals surface area (Å²) in [5.74, 6) is 0. The third kappa shape index (κ3) is 3.03. The molecule has 1 aliphatic carbocycles. The predicted molar refractivity (Wildman–Crippen MR) is 74.7 cm³/mol. The summed E-state index contributed by atoms with van der Waals surface area (Å²) in [6, 6.07) is 5.87. The second kappa shape index (κ2) is 5.71. The minimum atomic E-state index is -0.132. The number of anilines is 1. The summed E-state index contributed by atoms with van der Waals surface area (Å²) in [4.78, 5) is 13.8. The zero-order chi connectivity index (χ0) is 13.1. The van der Waals surface area contributed by atoms with E-state index in [0.717, 1.165) is 28.6 Å². The Morgan fingerprint density at radius 3 is 2.89 bits per heavy atom. The van der Waals surface area contributed by atoms with Crippen molar-refractivity contribution in [3.05, 3.63) is 28.2 Å². The number of halogens is 1. The molecule has 2 N–H and O–H groups in total. The number of benzene rings is 1. The molecule has 1 aromatic carbocycles. The SMILES string of the molecule is Cc1c(Br)cccc1NC(=O)N(CCO)C1CC1. The van der Waals surface area contributed by atoms with Crippen LogP contribution in [0, 0.1) is 6.92 Å². The summed E-state index contributed by atoms with van der Waals surface area (Å²) in [6.07, 6.45) is 2.07. The smallest absolute Gasteiger partial charge is 0.322 e. The van der Waals surface area contributed by atoms with Crippen molar-refractivity contribution in [3.63, 3.8) is 0 Å². The van der Waals surface area contributed by atoms with Gasteiger partial charge in [0.05, 0.1) is 6.61 Å². The van der Waals surface area contributed by atoms with Crippen molar-refractivity contribution >= 4 is 27.6 Å². The molecule has 2 rings (SSSR count). The topological polar surface area (TPSA) is 52.6 Å². The molecule has 0 aromatic heterocycles. The van der Waals surface area contributed by atoms with Gasteiger partial charge < -0.3 is 15.3 Å². The average molecular weight is 313 g/mol. The highest BCUT2D eigenvalue weighted by molar-refractivity contribution is 9.10. The molecule has 0 bridgehead atoms. The Hall–Kier alpha value is -1.07. The van der Waals surface area contributed by atoms with Gasteiger partial charge in [0.1, 0.15) is 0 Å². The monoisotopic (exact) mass is 312 g/mol. The Morgan fingerprint density at radius 1 is 1.56 bits per heavy atom. The number of nitrogens with zero attached hydrogens (tertiary/aromatic N) is 1. The number of carbonyl (C=O) groups excluding carboxylic acids is 1. The Morgan fingerprint density at radius 2 is 2.28 bits per heavy atom. The fourth-order valence-electron chi connectivity index (χ4n) is 1.87. The van der Waals surface area contributed by atoms with Crippen LogP contribution in [0.3, 0.4) is 0 Å². The first kappa shape index (κ1) is 13.4. The summed E-state index contributed by atoms with van der Waals surface area (Å²) in [5, 5.41) is 11.9. The number of aliphatic hydroxyl groups is 1. The van der Waals surface area contributed by atoms with Gasteiger partial charge in [0.25, 0.3) is 0 Å². The van der Waals surface area contributed by atoms with Gasteiger partial charge in [0, 0.05) is 22.7 Å². The molecule has 0 spiro atoms. The van der Waals surface area contributed by atoms with Crippen LogP contribution in [0.1, 0.15) is 18.4 Å². The van der Waals surface area contributed by atoms with Crippen LogP contribution in [0.25, 0.3) is 0 Å². The number of hydrogen-bond donors (Lipinski definition) is 2. The van der Waals surface area contributed by atoms with Crippen molar-refractivity contribution in [2.75, 3.05) is 18.5 Å². The molecule has 1 aromatic rings. The van der Waals surface area contributed by atoms with Gasteiger partial charge in [-0.15, -0.1) is 0 Å². The van der Waals surface area contributed by atoms with Crippen LogP contribution in [0.15, 0.2) is 22.7 Å². The van der Waals surface area contributed by atoms with Gasteiger partial charge >= 0.3 is 6.03 Å². The standard InChI is InChI=1S/C13H17BrN2O2/c1-9-11(14)3-2-4-12(9)15-13(18)16(7-8-17)10-5-6-10/h2-4,10,17H,5-8H2,1H3,(H,15,18). The molecular formula is C13H17BrN2O2. The van der Waals surface area contributed by atoms with Crippen LogP contribution in [-0.4, -0.2) is 35.2 Å². The maximum atomic E-state index is 12.1. The third-order valence-corrected chi connectivity index (χ3v) is 3.96. The third-order valence-electron chi connectivity index (χ3n) is 3.10. The molecular weight excluding hydrogens is 296 g/mol. The summed E-state index contributed by atoms with van der Waals surface area (Å²) < 4.78 is 0.973. The molecule has 2 amide bonds. The van der Waals surface area contributed by atoms with Crippen LogP contribution in [0.4, 0.5) is 10.5 Å². The molecule has 0 heterocycles. The van der Waals surface area contributed by atoms with E-state index in [4.69, 9.17) is 5.11 Å². The van der Waals surface area contributed by atoms with Gasteiger partial charge in [-0.3, -0.25) is 0 Å². The van der Waals surface area contributed by atoms with E-state index in [0.29, 0.717) is 12.6 Å². The fourth-order valence-corrected chi connectivity index (χ4v) is 2.24. The second-order valence-electron chi connectivity index (χ2n) is 4.49. The van der Waals surface area contributed by atoms with E-state index >= 15 is 0 Å². The Balaban J connectivity index is 2.07. The quantitative estimate of drug-likeness (QED) is 0.898. The molecule has 0 aliphatic heterocycles. The maximum absolute atomic E-state index is 12.1. The first-order valence-corrected chi connectivity index (χ1v) is 6.86. The van der Waals surface area contributed by atoms with Crippen molar-refractivity contribution < 1.29 is 9.90 Å². The zero-order valence-corrected chi connectivity index (χ0v) is 11.9. The van der Waals surface area contributed by atoms with Gasteiger partial charge in [-0.05, 0) is 37.5 Å². The van der Waals surface area contributed by atoms with Gasteiger partial charge in [0.2, 0.25) is 0 Å². The zero-order valence-electron chi connectivity index (χ0n) is 10.3. The lowest BCUT2D eigenvalue weighted by Gasteiger charge is -2.22. The molecule has 0 radical (unpaired) electrons. The molecule has 0 unspecified atom stereocenters. The van der Waals surface area contributed by atoms with E-state index in [1.165, 1.54) is 0 Å². The molecule has 18 heavy (non-hydrogen) atoms. The van der Waals surface area contributed by atoms with Crippen molar-refractivity contribution in [1.29, 1.82) is 0 Å². The van der Waals surface area contributed by atoms with Gasteiger partial charge in [-0.1, -0.05) is 22.0 Å². The molecule has 1 aliphatic rings. The molecule has 4 nitrogen and oxygen atoms in total. The molecule has 98 valence electrons. The summed E-state index contributed by atoms with van der Waals surface area (Å²) in [6.45, 7) is 2.35. The average Bonchev–Trinajstić information content (AvgIpc) is 3.16. The van der Waals surface area contributed by atoms with E-state index in [1.54, 1.807) is 4.90 Å². The van der Waals surface area contributed by atoms with E-state index in [-0.39, 0.29) is 12.6 Å². The lowest BCUT2D eigenvalue weighted by molar-refractivity contribution is 0.185. The highest BCUT2D eigenvalue weighted by Crippen LogP contribution is 2.28. The van der Waals surface area contributed by atoms with E-state index in [2.05, 4.69) is 21.2 Å². The molecule has 0 atom stereocenters. The highest BCUT2D eigenvalue weighted by atomic mass is 79.9. The van der Waals surface area contributed by atoms with E-state index in [9.17, 15) is 4.79 Å². The Labute approximate surface area is 115 Å². The molecule has 1 fully saturated rings. The highest BCUT2D eigenvalue weighted by Gasteiger charge is 2.32. The Kier molecular flexibility index (Phi) is 4.24. The second-order valence-corrected chi connectivity index (χ2v) is 5.35. The van der Waals surface area contributed by atoms with Crippen LogP contribution < -0.4 is 5.32 Å². The molecule has 1 saturated carbocycles. The van der Waals surface area contributed by atoms with Crippen LogP contribution >= 0.6 is 15.9 Å². The fraction of sp³-hybridized carbons (Fsp3) is 0.462. The number of aliphatic hydroxyl groups excluding tert-OH is 1. The summed E-state index contributed by atoms with van der Waals surface area (Å²) in [5.41, 5.74) is 1.81. The number of amides is 2.